The van der Waals surface area contributed by atoms with Gasteiger partial charge in [-0.15, -0.1) is 0 Å². The van der Waals surface area contributed by atoms with Gasteiger partial charge in [0.25, 0.3) is 0 Å². The van der Waals surface area contributed by atoms with Gasteiger partial charge in [0.05, 0.1) is 24.6 Å². The highest BCUT2D eigenvalue weighted by Crippen LogP contribution is 2.40. The van der Waals surface area contributed by atoms with Crippen molar-refractivity contribution in [1.29, 1.82) is 0 Å². The van der Waals surface area contributed by atoms with Crippen LogP contribution in [0.25, 0.3) is 0 Å². The predicted molar refractivity (Wildman–Crippen MR) is 130 cm³/mol. The van der Waals surface area contributed by atoms with Gasteiger partial charge in [-0.2, -0.15) is 0 Å². The standard InChI is InChI=1S/C19H21N.C8H10N2O2/c1-20(18-10-7-16(8-11-18)15-5-6-15)19-12-9-14-3-2-4-17(14)13-19;1-9-7-5-10-4-3-6(7)8(11)12-2/h7-13,15H,2-6H2,1H3;3-5,9H,1-2H3. The molecule has 0 bridgehead atoms. The Kier molecular flexibility index (Phi) is 6.74. The van der Waals surface area contributed by atoms with Gasteiger partial charge in [-0.3, -0.25) is 4.98 Å². The first-order valence-electron chi connectivity index (χ1n) is 11.3. The monoisotopic (exact) mass is 429 g/mol. The molecule has 166 valence electrons. The summed E-state index contributed by atoms with van der Waals surface area (Å²) >= 11 is 0. The third kappa shape index (κ3) is 4.93. The lowest BCUT2D eigenvalue weighted by Crippen LogP contribution is -2.09. The van der Waals surface area contributed by atoms with Gasteiger partial charge < -0.3 is 15.0 Å². The van der Waals surface area contributed by atoms with Crippen molar-refractivity contribution in [2.75, 3.05) is 31.4 Å². The lowest BCUT2D eigenvalue weighted by Gasteiger charge is -2.21. The number of nitrogens with zero attached hydrogens (tertiary/aromatic N) is 2. The Hall–Kier alpha value is -3.34. The average Bonchev–Trinajstić information content (AvgIpc) is 3.60. The molecule has 0 radical (unpaired) electrons. The van der Waals surface area contributed by atoms with E-state index in [0.717, 1.165) is 5.92 Å². The highest BCUT2D eigenvalue weighted by atomic mass is 16.5. The molecule has 2 aromatic carbocycles. The van der Waals surface area contributed by atoms with Gasteiger partial charge in [0, 0.05) is 31.7 Å². The molecule has 32 heavy (non-hydrogen) atoms. The van der Waals surface area contributed by atoms with Gasteiger partial charge in [-0.25, -0.2) is 4.79 Å². The number of hydrogen-bond donors (Lipinski definition) is 1. The average molecular weight is 430 g/mol. The third-order valence-corrected chi connectivity index (χ3v) is 6.29. The molecule has 5 nitrogen and oxygen atoms in total. The van der Waals surface area contributed by atoms with Crippen LogP contribution in [0.15, 0.2) is 60.9 Å². The molecule has 0 unspecified atom stereocenters. The number of ether oxygens (including phenoxy) is 1. The van der Waals surface area contributed by atoms with Crippen LogP contribution < -0.4 is 10.2 Å². The van der Waals surface area contributed by atoms with Gasteiger partial charge >= 0.3 is 5.97 Å². The van der Waals surface area contributed by atoms with Crippen molar-refractivity contribution in [2.24, 2.45) is 0 Å². The second-order valence-electron chi connectivity index (χ2n) is 8.39. The number of anilines is 3. The van der Waals surface area contributed by atoms with Crippen LogP contribution in [0.2, 0.25) is 0 Å². The number of nitrogens with one attached hydrogen (secondary N) is 1. The number of aromatic nitrogens is 1. The number of carbonyl (C=O) groups is 1. The Morgan fingerprint density at radius 2 is 1.75 bits per heavy atom. The van der Waals surface area contributed by atoms with E-state index >= 15 is 0 Å². The van der Waals surface area contributed by atoms with Crippen LogP contribution in [-0.4, -0.2) is 32.2 Å². The molecule has 1 N–H and O–H groups in total. The molecule has 3 aromatic rings. The zero-order valence-electron chi connectivity index (χ0n) is 19.1. The van der Waals surface area contributed by atoms with Crippen molar-refractivity contribution < 1.29 is 9.53 Å². The van der Waals surface area contributed by atoms with Crippen LogP contribution in [0.5, 0.6) is 0 Å². The Morgan fingerprint density at radius 3 is 2.44 bits per heavy atom. The van der Waals surface area contributed by atoms with Gasteiger partial charge in [-0.05, 0) is 85.0 Å². The minimum absolute atomic E-state index is 0.359. The summed E-state index contributed by atoms with van der Waals surface area (Å²) in [4.78, 5) is 17.3. The summed E-state index contributed by atoms with van der Waals surface area (Å²) in [6.07, 6.45) is 9.70. The van der Waals surface area contributed by atoms with Crippen molar-refractivity contribution in [3.8, 4) is 0 Å². The second kappa shape index (κ2) is 9.86. The van der Waals surface area contributed by atoms with E-state index in [9.17, 15) is 4.79 Å². The number of fused-ring (bicyclic) bond motifs is 1. The zero-order valence-corrected chi connectivity index (χ0v) is 19.1. The Bertz CT molecular complexity index is 1070. The van der Waals surface area contributed by atoms with Crippen LogP contribution in [0.4, 0.5) is 17.1 Å². The van der Waals surface area contributed by atoms with Gasteiger partial charge in [0.15, 0.2) is 0 Å². The molecule has 1 saturated carbocycles. The summed E-state index contributed by atoms with van der Waals surface area (Å²) in [6.45, 7) is 0. The van der Waals surface area contributed by atoms with Crippen molar-refractivity contribution in [2.45, 2.75) is 38.0 Å². The normalized spacial score (nSPS) is 14.1. The minimum atomic E-state index is -0.359. The maximum atomic E-state index is 11.1. The number of benzene rings is 2. The lowest BCUT2D eigenvalue weighted by molar-refractivity contribution is 0.0601. The number of esters is 1. The summed E-state index contributed by atoms with van der Waals surface area (Å²) in [7, 11) is 5.24. The molecule has 1 fully saturated rings. The van der Waals surface area contributed by atoms with Crippen molar-refractivity contribution in [3.05, 3.63) is 83.2 Å². The van der Waals surface area contributed by atoms with Gasteiger partial charge in [0.2, 0.25) is 0 Å². The Balaban J connectivity index is 0.000000176. The molecule has 0 amide bonds. The fraction of sp³-hybridized carbons (Fsp3) is 0.333. The number of rotatable bonds is 5. The van der Waals surface area contributed by atoms with Crippen molar-refractivity contribution >= 4 is 23.0 Å². The lowest BCUT2D eigenvalue weighted by atomic mass is 10.1. The first-order chi connectivity index (χ1) is 15.6. The Morgan fingerprint density at radius 1 is 1.03 bits per heavy atom. The van der Waals surface area contributed by atoms with Crippen LogP contribution in [0.1, 0.15) is 52.2 Å². The largest absolute Gasteiger partial charge is 0.465 e. The predicted octanol–water partition coefficient (Wildman–Crippen LogP) is 5.73. The molecule has 2 aliphatic rings. The molecule has 0 atom stereocenters. The fourth-order valence-electron chi connectivity index (χ4n) is 4.18. The molecule has 2 aliphatic carbocycles. The van der Waals surface area contributed by atoms with E-state index in [-0.39, 0.29) is 5.97 Å². The summed E-state index contributed by atoms with van der Waals surface area (Å²) in [5, 5.41) is 2.85. The third-order valence-electron chi connectivity index (χ3n) is 6.29. The van der Waals surface area contributed by atoms with Gasteiger partial charge in [0.1, 0.15) is 0 Å². The Labute approximate surface area is 190 Å². The summed E-state index contributed by atoms with van der Waals surface area (Å²) in [5.41, 5.74) is 8.36. The number of pyridine rings is 1. The first kappa shape index (κ1) is 21.9. The van der Waals surface area contributed by atoms with E-state index in [1.54, 1.807) is 36.6 Å². The first-order valence-corrected chi connectivity index (χ1v) is 11.3. The number of hydrogen-bond acceptors (Lipinski definition) is 5. The van der Waals surface area contributed by atoms with E-state index in [4.69, 9.17) is 0 Å². The van der Waals surface area contributed by atoms with Gasteiger partial charge in [-0.1, -0.05) is 18.2 Å². The van der Waals surface area contributed by atoms with Crippen LogP contribution in [-0.2, 0) is 17.6 Å². The molecule has 0 saturated heterocycles. The van der Waals surface area contributed by atoms with Crippen molar-refractivity contribution in [1.82, 2.24) is 4.98 Å². The smallest absolute Gasteiger partial charge is 0.340 e. The number of carbonyl (C=O) groups excluding carboxylic acids is 1. The van der Waals surface area contributed by atoms with Crippen LogP contribution in [0.3, 0.4) is 0 Å². The summed E-state index contributed by atoms with van der Waals surface area (Å²) in [5.74, 6) is 0.483. The maximum absolute atomic E-state index is 11.1. The fourth-order valence-corrected chi connectivity index (χ4v) is 4.18. The summed E-state index contributed by atoms with van der Waals surface area (Å²) < 4.78 is 4.57. The minimum Gasteiger partial charge on any atom is -0.465 e. The van der Waals surface area contributed by atoms with E-state index < -0.39 is 0 Å². The van der Waals surface area contributed by atoms with Crippen LogP contribution >= 0.6 is 0 Å². The molecule has 1 aromatic heterocycles. The molecule has 0 aliphatic heterocycles. The molecular weight excluding hydrogens is 398 g/mol. The quantitative estimate of drug-likeness (QED) is 0.525. The van der Waals surface area contributed by atoms with E-state index in [0.29, 0.717) is 11.3 Å². The zero-order chi connectivity index (χ0) is 22.5. The SMILES string of the molecule is CN(c1ccc(C2CC2)cc1)c1ccc2c(c1)CCC2.CNc1cnccc1C(=O)OC. The van der Waals surface area contributed by atoms with E-state index in [2.05, 4.69) is 69.4 Å². The molecule has 0 spiro atoms. The van der Waals surface area contributed by atoms with Crippen molar-refractivity contribution in [3.63, 3.8) is 0 Å². The molecule has 5 rings (SSSR count). The molecular formula is C27H31N3O2. The van der Waals surface area contributed by atoms with E-state index in [1.807, 2.05) is 0 Å². The highest BCUT2D eigenvalue weighted by Gasteiger charge is 2.23. The number of methoxy groups -OCH3 is 1. The summed E-state index contributed by atoms with van der Waals surface area (Å²) in [6, 6.07) is 17.7. The maximum Gasteiger partial charge on any atom is 0.340 e. The highest BCUT2D eigenvalue weighted by molar-refractivity contribution is 5.95. The number of aryl methyl sites for hydroxylation is 2. The second-order valence-corrected chi connectivity index (χ2v) is 8.39. The van der Waals surface area contributed by atoms with E-state index in [1.165, 1.54) is 56.2 Å². The topological polar surface area (TPSA) is 54.5 Å². The molecule has 5 heteroatoms. The van der Waals surface area contributed by atoms with Crippen LogP contribution in [0, 0.1) is 0 Å². The molecule has 1 heterocycles.